The maximum absolute atomic E-state index is 9.71. The van der Waals surface area contributed by atoms with Crippen LogP contribution in [-0.4, -0.2) is 11.0 Å². The summed E-state index contributed by atoms with van der Waals surface area (Å²) in [6.07, 6.45) is 0. The van der Waals surface area contributed by atoms with Gasteiger partial charge in [0.25, 0.3) is 0 Å². The fourth-order valence-electron chi connectivity index (χ4n) is 0.128. The van der Waals surface area contributed by atoms with Crippen LogP contribution in [0.3, 0.4) is 0 Å². The minimum absolute atomic E-state index is 0.634. The number of halogens is 2. The van der Waals surface area contributed by atoms with Crippen LogP contribution in [0.4, 0.5) is 4.79 Å². The van der Waals surface area contributed by atoms with Crippen LogP contribution >= 0.6 is 23.2 Å². The van der Waals surface area contributed by atoms with E-state index in [1.807, 2.05) is 0 Å². The summed E-state index contributed by atoms with van der Waals surface area (Å²) in [5.41, 5.74) is -1.51. The molecule has 0 saturated carbocycles. The van der Waals surface area contributed by atoms with Crippen molar-refractivity contribution in [3.8, 4) is 0 Å². The molecule has 0 aliphatic carbocycles. The molecule has 0 aromatic carbocycles. The molecular weight excluding hydrogens is 139 g/mol. The maximum atomic E-state index is 9.71. The zero-order valence-corrected chi connectivity index (χ0v) is 5.16. The number of carbonyl (C=O) groups is 1. The zero-order chi connectivity index (χ0) is 5.86. The molecule has 0 aliphatic heterocycles. The molecule has 0 aliphatic rings. The van der Waals surface area contributed by atoms with E-state index in [9.17, 15) is 4.79 Å². The van der Waals surface area contributed by atoms with E-state index < -0.39 is 11.0 Å². The summed E-state index contributed by atoms with van der Waals surface area (Å²) in [4.78, 5) is 9.71. The van der Waals surface area contributed by atoms with Crippen molar-refractivity contribution >= 4 is 28.6 Å². The molecule has 0 rings (SSSR count). The standard InChI is InChI=1S/C3H4Cl2O2/c1-2(4)7-3(5)6/h2H,1H3/t2-/m1/s1. The van der Waals surface area contributed by atoms with Gasteiger partial charge in [0.1, 0.15) is 0 Å². The average molecular weight is 143 g/mol. The Bertz CT molecular complexity index is 71.3. The largest absolute Gasteiger partial charge is 0.434 e. The van der Waals surface area contributed by atoms with Crippen LogP contribution in [0, 0.1) is 0 Å². The van der Waals surface area contributed by atoms with E-state index in [2.05, 4.69) is 4.74 Å². The quantitative estimate of drug-likeness (QED) is 0.414. The third-order valence-corrected chi connectivity index (χ3v) is 0.433. The SMILES string of the molecule is C[C@H](Cl)OC(=O)Cl. The van der Waals surface area contributed by atoms with Crippen LogP contribution in [0.1, 0.15) is 6.92 Å². The Morgan fingerprint density at radius 3 is 2.29 bits per heavy atom. The summed E-state index contributed by atoms with van der Waals surface area (Å²) < 4.78 is 4.14. The van der Waals surface area contributed by atoms with E-state index in [1.165, 1.54) is 6.92 Å². The molecule has 1 atom stereocenters. The van der Waals surface area contributed by atoms with Gasteiger partial charge in [-0.1, -0.05) is 11.6 Å². The van der Waals surface area contributed by atoms with Gasteiger partial charge in [0, 0.05) is 11.6 Å². The smallest absolute Gasteiger partial charge is 0.405 e. The van der Waals surface area contributed by atoms with Crippen molar-refractivity contribution in [2.24, 2.45) is 0 Å². The highest BCUT2D eigenvalue weighted by Crippen LogP contribution is 1.98. The first-order valence-corrected chi connectivity index (χ1v) is 2.44. The van der Waals surface area contributed by atoms with E-state index in [1.54, 1.807) is 0 Å². The topological polar surface area (TPSA) is 26.3 Å². The summed E-state index contributed by atoms with van der Waals surface area (Å²) in [7, 11) is 0. The van der Waals surface area contributed by atoms with Crippen molar-refractivity contribution in [2.45, 2.75) is 12.5 Å². The van der Waals surface area contributed by atoms with Gasteiger partial charge in [-0.3, -0.25) is 0 Å². The molecule has 0 bridgehead atoms. The van der Waals surface area contributed by atoms with Crippen LogP contribution < -0.4 is 0 Å². The van der Waals surface area contributed by atoms with Gasteiger partial charge in [-0.2, -0.15) is 0 Å². The summed E-state index contributed by atoms with van der Waals surface area (Å²) in [5, 5.41) is 0. The van der Waals surface area contributed by atoms with Gasteiger partial charge in [0.15, 0.2) is 5.56 Å². The Morgan fingerprint density at radius 1 is 1.86 bits per heavy atom. The van der Waals surface area contributed by atoms with Gasteiger partial charge < -0.3 is 4.74 Å². The average Bonchev–Trinajstić information content (AvgIpc) is 1.27. The fraction of sp³-hybridized carbons (Fsp3) is 0.667. The number of alkyl halides is 1. The summed E-state index contributed by atoms with van der Waals surface area (Å²) in [6.45, 7) is 1.50. The Kier molecular flexibility index (Phi) is 3.13. The molecule has 42 valence electrons. The van der Waals surface area contributed by atoms with Gasteiger partial charge in [-0.15, -0.1) is 0 Å². The van der Waals surface area contributed by atoms with E-state index in [-0.39, 0.29) is 0 Å². The van der Waals surface area contributed by atoms with Crippen molar-refractivity contribution in [2.75, 3.05) is 0 Å². The molecule has 2 nitrogen and oxygen atoms in total. The molecule has 0 unspecified atom stereocenters. The van der Waals surface area contributed by atoms with Crippen LogP contribution in [-0.2, 0) is 4.74 Å². The summed E-state index contributed by atoms with van der Waals surface area (Å²) in [6, 6.07) is 0. The minimum Gasteiger partial charge on any atom is -0.434 e. The second-order valence-corrected chi connectivity index (χ2v) is 1.82. The number of hydrogen-bond acceptors (Lipinski definition) is 2. The Labute approximate surface area is 51.4 Å². The lowest BCUT2D eigenvalue weighted by atomic mass is 10.9. The molecule has 0 N–H and O–H groups in total. The molecular formula is C3H4Cl2O2. The van der Waals surface area contributed by atoms with Gasteiger partial charge in [0.05, 0.1) is 0 Å². The van der Waals surface area contributed by atoms with Crippen molar-refractivity contribution in [3.63, 3.8) is 0 Å². The normalized spacial score (nSPS) is 13.0. The number of carbonyl (C=O) groups excluding carboxylic acids is 1. The zero-order valence-electron chi connectivity index (χ0n) is 3.65. The lowest BCUT2D eigenvalue weighted by Gasteiger charge is -1.97. The van der Waals surface area contributed by atoms with E-state index in [0.717, 1.165) is 0 Å². The highest BCUT2D eigenvalue weighted by Gasteiger charge is 1.98. The molecule has 4 heteroatoms. The van der Waals surface area contributed by atoms with E-state index in [4.69, 9.17) is 23.2 Å². The molecule has 0 spiro atoms. The lowest BCUT2D eigenvalue weighted by molar-refractivity contribution is 0.166. The predicted octanol–water partition coefficient (Wildman–Crippen LogP) is 1.95. The van der Waals surface area contributed by atoms with Crippen LogP contribution in [0.15, 0.2) is 0 Å². The van der Waals surface area contributed by atoms with Crippen molar-refractivity contribution < 1.29 is 9.53 Å². The molecule has 0 aromatic heterocycles. The van der Waals surface area contributed by atoms with Gasteiger partial charge in [-0.05, 0) is 6.92 Å². The van der Waals surface area contributed by atoms with Gasteiger partial charge in [-0.25, -0.2) is 4.79 Å². The molecule has 0 radical (unpaired) electrons. The van der Waals surface area contributed by atoms with E-state index >= 15 is 0 Å². The summed E-state index contributed by atoms with van der Waals surface area (Å²) in [5.74, 6) is 0. The highest BCUT2D eigenvalue weighted by molar-refractivity contribution is 6.61. The minimum atomic E-state index is -0.873. The highest BCUT2D eigenvalue weighted by atomic mass is 35.5. The van der Waals surface area contributed by atoms with Crippen molar-refractivity contribution in [1.82, 2.24) is 0 Å². The Balaban J connectivity index is 3.13. The molecule has 0 aromatic rings. The predicted molar refractivity (Wildman–Crippen MR) is 27.6 cm³/mol. The van der Waals surface area contributed by atoms with Crippen molar-refractivity contribution in [3.05, 3.63) is 0 Å². The monoisotopic (exact) mass is 142 g/mol. The maximum Gasteiger partial charge on any atom is 0.405 e. The first-order chi connectivity index (χ1) is 3.13. The third kappa shape index (κ3) is 6.05. The molecule has 0 fully saturated rings. The molecule has 0 amide bonds. The Hall–Kier alpha value is 0.0500. The third-order valence-electron chi connectivity index (χ3n) is 0.255. The Morgan fingerprint density at radius 2 is 2.29 bits per heavy atom. The van der Waals surface area contributed by atoms with Crippen LogP contribution in [0.25, 0.3) is 0 Å². The molecule has 0 saturated heterocycles. The first kappa shape index (κ1) is 7.05. The van der Waals surface area contributed by atoms with Crippen LogP contribution in [0.5, 0.6) is 0 Å². The number of rotatable bonds is 1. The first-order valence-electron chi connectivity index (χ1n) is 1.63. The van der Waals surface area contributed by atoms with E-state index in [0.29, 0.717) is 0 Å². The van der Waals surface area contributed by atoms with Crippen LogP contribution in [0.2, 0.25) is 0 Å². The van der Waals surface area contributed by atoms with Gasteiger partial charge >= 0.3 is 5.43 Å². The lowest BCUT2D eigenvalue weighted by Crippen LogP contribution is -1.99. The summed E-state index contributed by atoms with van der Waals surface area (Å²) >= 11 is 9.87. The second kappa shape index (κ2) is 3.10. The second-order valence-electron chi connectivity index (χ2n) is 0.898. The fourth-order valence-corrected chi connectivity index (χ4v) is 0.388. The molecule has 7 heavy (non-hydrogen) atoms. The van der Waals surface area contributed by atoms with Gasteiger partial charge in [0.2, 0.25) is 0 Å². The number of ether oxygens (including phenoxy) is 1. The molecule has 0 heterocycles. The number of hydrogen-bond donors (Lipinski definition) is 0. The van der Waals surface area contributed by atoms with Crippen molar-refractivity contribution in [1.29, 1.82) is 0 Å².